The van der Waals surface area contributed by atoms with Gasteiger partial charge in [0.2, 0.25) is 5.56 Å². The van der Waals surface area contributed by atoms with Crippen LogP contribution in [0.25, 0.3) is 0 Å². The molecule has 1 aromatic heterocycles. The SMILES string of the molecule is Cn1cc(NC(=O)NCC(C)(C)C2CCCC2)ccc1=O. The largest absolute Gasteiger partial charge is 0.337 e. The monoisotopic (exact) mass is 291 g/mol. The van der Waals surface area contributed by atoms with Crippen LogP contribution in [0.4, 0.5) is 10.5 Å². The first kappa shape index (κ1) is 15.6. The topological polar surface area (TPSA) is 63.1 Å². The molecule has 1 saturated carbocycles. The molecule has 0 atom stereocenters. The molecule has 5 nitrogen and oxygen atoms in total. The Hall–Kier alpha value is -1.78. The molecule has 2 N–H and O–H groups in total. The van der Waals surface area contributed by atoms with Crippen LogP contribution in [0.3, 0.4) is 0 Å². The van der Waals surface area contributed by atoms with Crippen LogP contribution in [-0.4, -0.2) is 17.1 Å². The summed E-state index contributed by atoms with van der Waals surface area (Å²) in [6, 6.07) is 2.84. The molecular formula is C16H25N3O2. The first-order valence-electron chi connectivity index (χ1n) is 7.60. The van der Waals surface area contributed by atoms with E-state index in [9.17, 15) is 9.59 Å². The van der Waals surface area contributed by atoms with Gasteiger partial charge in [0.25, 0.3) is 0 Å². The van der Waals surface area contributed by atoms with E-state index in [1.807, 2.05) is 0 Å². The number of hydrogen-bond acceptors (Lipinski definition) is 2. The molecule has 0 radical (unpaired) electrons. The van der Waals surface area contributed by atoms with Crippen molar-refractivity contribution in [2.24, 2.45) is 18.4 Å². The molecule has 0 bridgehead atoms. The molecule has 0 aliphatic heterocycles. The number of nitrogens with zero attached hydrogens (tertiary/aromatic N) is 1. The Morgan fingerprint density at radius 3 is 2.62 bits per heavy atom. The van der Waals surface area contributed by atoms with E-state index in [4.69, 9.17) is 0 Å². The predicted octanol–water partition coefficient (Wildman–Crippen LogP) is 2.72. The minimum Gasteiger partial charge on any atom is -0.337 e. The van der Waals surface area contributed by atoms with E-state index in [1.54, 1.807) is 19.3 Å². The van der Waals surface area contributed by atoms with Crippen molar-refractivity contribution in [3.63, 3.8) is 0 Å². The van der Waals surface area contributed by atoms with Gasteiger partial charge < -0.3 is 15.2 Å². The Bertz CT molecular complexity index is 557. The number of aromatic nitrogens is 1. The number of urea groups is 1. The first-order valence-corrected chi connectivity index (χ1v) is 7.60. The highest BCUT2D eigenvalue weighted by Gasteiger charge is 2.31. The van der Waals surface area contributed by atoms with Crippen LogP contribution in [0.1, 0.15) is 39.5 Å². The highest BCUT2D eigenvalue weighted by Crippen LogP contribution is 2.38. The summed E-state index contributed by atoms with van der Waals surface area (Å²) in [7, 11) is 1.66. The summed E-state index contributed by atoms with van der Waals surface area (Å²) in [5.74, 6) is 0.690. The summed E-state index contributed by atoms with van der Waals surface area (Å²) in [5, 5.41) is 5.71. The third kappa shape index (κ3) is 4.09. The van der Waals surface area contributed by atoms with Crippen LogP contribution in [0.2, 0.25) is 0 Å². The summed E-state index contributed by atoms with van der Waals surface area (Å²) in [6.07, 6.45) is 6.74. The molecule has 1 fully saturated rings. The molecule has 0 saturated heterocycles. The van der Waals surface area contributed by atoms with Gasteiger partial charge >= 0.3 is 6.03 Å². The fourth-order valence-electron chi connectivity index (χ4n) is 3.00. The number of carbonyl (C=O) groups excluding carboxylic acids is 1. The van der Waals surface area contributed by atoms with Gasteiger partial charge in [-0.25, -0.2) is 4.79 Å². The zero-order chi connectivity index (χ0) is 15.5. The van der Waals surface area contributed by atoms with Crippen molar-refractivity contribution >= 4 is 11.7 Å². The summed E-state index contributed by atoms with van der Waals surface area (Å²) >= 11 is 0. The molecule has 0 aromatic carbocycles. The van der Waals surface area contributed by atoms with E-state index in [1.165, 1.54) is 36.3 Å². The van der Waals surface area contributed by atoms with Gasteiger partial charge in [-0.15, -0.1) is 0 Å². The Morgan fingerprint density at radius 2 is 2.00 bits per heavy atom. The lowest BCUT2D eigenvalue weighted by Crippen LogP contribution is -2.40. The standard InChI is InChI=1S/C16H25N3O2/c1-16(2,12-6-4-5-7-12)11-17-15(21)18-13-8-9-14(20)19(3)10-13/h8-10,12H,4-7,11H2,1-3H3,(H2,17,18,21). The number of aryl methyl sites for hydroxylation is 1. The Kier molecular flexibility index (Phi) is 4.70. The van der Waals surface area contributed by atoms with Gasteiger partial charge in [-0.05, 0) is 30.2 Å². The van der Waals surface area contributed by atoms with E-state index in [0.717, 1.165) is 0 Å². The number of amides is 2. The smallest absolute Gasteiger partial charge is 0.319 e. The molecule has 1 heterocycles. The number of carbonyl (C=O) groups is 1. The van der Waals surface area contributed by atoms with E-state index in [2.05, 4.69) is 24.5 Å². The van der Waals surface area contributed by atoms with Crippen molar-refractivity contribution in [3.05, 3.63) is 28.7 Å². The van der Waals surface area contributed by atoms with Crippen LogP contribution in [-0.2, 0) is 7.05 Å². The summed E-state index contributed by atoms with van der Waals surface area (Å²) < 4.78 is 1.44. The fourth-order valence-corrected chi connectivity index (χ4v) is 3.00. The summed E-state index contributed by atoms with van der Waals surface area (Å²) in [5.41, 5.74) is 0.647. The Labute approximate surface area is 125 Å². The minimum absolute atomic E-state index is 0.0941. The molecule has 0 unspecified atom stereocenters. The van der Waals surface area contributed by atoms with Crippen molar-refractivity contribution in [1.82, 2.24) is 9.88 Å². The predicted molar refractivity (Wildman–Crippen MR) is 84.4 cm³/mol. The Balaban J connectivity index is 1.86. The normalized spacial score (nSPS) is 16.0. The zero-order valence-corrected chi connectivity index (χ0v) is 13.1. The molecular weight excluding hydrogens is 266 g/mol. The van der Waals surface area contributed by atoms with Gasteiger partial charge in [-0.3, -0.25) is 4.79 Å². The van der Waals surface area contributed by atoms with E-state index in [-0.39, 0.29) is 17.0 Å². The molecule has 0 spiro atoms. The van der Waals surface area contributed by atoms with Gasteiger partial charge in [0.15, 0.2) is 0 Å². The van der Waals surface area contributed by atoms with Crippen molar-refractivity contribution in [2.45, 2.75) is 39.5 Å². The van der Waals surface area contributed by atoms with Crippen molar-refractivity contribution in [2.75, 3.05) is 11.9 Å². The molecule has 21 heavy (non-hydrogen) atoms. The van der Waals surface area contributed by atoms with Crippen LogP contribution >= 0.6 is 0 Å². The molecule has 5 heteroatoms. The second-order valence-corrected chi connectivity index (χ2v) is 6.64. The Morgan fingerprint density at radius 1 is 1.33 bits per heavy atom. The van der Waals surface area contributed by atoms with Crippen LogP contribution in [0.15, 0.2) is 23.1 Å². The van der Waals surface area contributed by atoms with Crippen molar-refractivity contribution in [3.8, 4) is 0 Å². The maximum atomic E-state index is 12.0. The fraction of sp³-hybridized carbons (Fsp3) is 0.625. The van der Waals surface area contributed by atoms with Crippen molar-refractivity contribution < 1.29 is 4.79 Å². The lowest BCUT2D eigenvalue weighted by Gasteiger charge is -2.31. The van der Waals surface area contributed by atoms with Crippen LogP contribution in [0.5, 0.6) is 0 Å². The number of rotatable bonds is 4. The van der Waals surface area contributed by atoms with Crippen LogP contribution < -0.4 is 16.2 Å². The minimum atomic E-state index is -0.222. The maximum absolute atomic E-state index is 12.0. The highest BCUT2D eigenvalue weighted by molar-refractivity contribution is 5.88. The van der Waals surface area contributed by atoms with Gasteiger partial charge in [0.05, 0.1) is 5.69 Å². The number of pyridine rings is 1. The zero-order valence-electron chi connectivity index (χ0n) is 13.1. The molecule has 1 aliphatic rings. The lowest BCUT2D eigenvalue weighted by molar-refractivity contribution is 0.204. The van der Waals surface area contributed by atoms with Gasteiger partial charge in [-0.1, -0.05) is 26.7 Å². The summed E-state index contributed by atoms with van der Waals surface area (Å²) in [4.78, 5) is 23.3. The molecule has 2 amide bonds. The number of nitrogens with one attached hydrogen (secondary N) is 2. The van der Waals surface area contributed by atoms with E-state index < -0.39 is 0 Å². The lowest BCUT2D eigenvalue weighted by atomic mass is 9.78. The van der Waals surface area contributed by atoms with Crippen LogP contribution in [0, 0.1) is 11.3 Å². The third-order valence-corrected chi connectivity index (χ3v) is 4.51. The highest BCUT2D eigenvalue weighted by atomic mass is 16.2. The van der Waals surface area contributed by atoms with Crippen molar-refractivity contribution in [1.29, 1.82) is 0 Å². The maximum Gasteiger partial charge on any atom is 0.319 e. The summed E-state index contributed by atoms with van der Waals surface area (Å²) in [6.45, 7) is 5.10. The van der Waals surface area contributed by atoms with E-state index in [0.29, 0.717) is 18.2 Å². The van der Waals surface area contributed by atoms with Gasteiger partial charge in [0, 0.05) is 25.9 Å². The molecule has 1 aliphatic carbocycles. The third-order valence-electron chi connectivity index (χ3n) is 4.51. The average molecular weight is 291 g/mol. The second kappa shape index (κ2) is 6.33. The van der Waals surface area contributed by atoms with Gasteiger partial charge in [0.1, 0.15) is 0 Å². The number of hydrogen-bond donors (Lipinski definition) is 2. The molecule has 116 valence electrons. The quantitative estimate of drug-likeness (QED) is 0.896. The van der Waals surface area contributed by atoms with E-state index >= 15 is 0 Å². The molecule has 2 rings (SSSR count). The number of anilines is 1. The average Bonchev–Trinajstić information content (AvgIpc) is 2.96. The molecule has 1 aromatic rings. The first-order chi connectivity index (χ1) is 9.88. The van der Waals surface area contributed by atoms with Gasteiger partial charge in [-0.2, -0.15) is 0 Å². The second-order valence-electron chi connectivity index (χ2n) is 6.64.